The average Bonchev–Trinajstić information content (AvgIpc) is 3.37. The number of carboxylic acids is 1. The van der Waals surface area contributed by atoms with E-state index in [9.17, 15) is 14.7 Å². The van der Waals surface area contributed by atoms with E-state index >= 15 is 0 Å². The fraction of sp³-hybridized carbons (Fsp3) is 0.412. The van der Waals surface area contributed by atoms with Crippen molar-refractivity contribution in [1.82, 2.24) is 10.2 Å². The molecule has 1 amide bonds. The molecular formula is C34H42N2O4S. The highest BCUT2D eigenvalue weighted by Gasteiger charge is 2.31. The molecule has 3 aromatic rings. The van der Waals surface area contributed by atoms with Crippen LogP contribution >= 0.6 is 11.8 Å². The number of hydrogen-bond acceptors (Lipinski definition) is 5. The lowest BCUT2D eigenvalue weighted by Crippen LogP contribution is -2.41. The van der Waals surface area contributed by atoms with Crippen molar-refractivity contribution in [3.05, 3.63) is 95.1 Å². The van der Waals surface area contributed by atoms with Crippen LogP contribution in [0, 0.1) is 12.8 Å². The summed E-state index contributed by atoms with van der Waals surface area (Å²) in [5.41, 5.74) is 5.67. The van der Waals surface area contributed by atoms with Gasteiger partial charge in [-0.15, -0.1) is 0 Å². The molecule has 41 heavy (non-hydrogen) atoms. The number of ether oxygens (including phenoxy) is 1. The lowest BCUT2D eigenvalue weighted by molar-refractivity contribution is -0.139. The monoisotopic (exact) mass is 574 g/mol. The molecule has 1 heterocycles. The first-order valence-electron chi connectivity index (χ1n) is 14.5. The zero-order valence-corrected chi connectivity index (χ0v) is 25.2. The highest BCUT2D eigenvalue weighted by Crippen LogP contribution is 2.31. The molecule has 4 rings (SSSR count). The first-order valence-corrected chi connectivity index (χ1v) is 15.9. The van der Waals surface area contributed by atoms with E-state index in [0.717, 1.165) is 48.2 Å². The Morgan fingerprint density at radius 1 is 1.05 bits per heavy atom. The maximum atomic E-state index is 13.4. The number of likely N-dealkylation sites (tertiary alicyclic amines) is 1. The number of carboxylic acid groups (broad SMARTS) is 1. The maximum absolute atomic E-state index is 13.4. The average molecular weight is 575 g/mol. The number of carbonyl (C=O) groups is 2. The van der Waals surface area contributed by atoms with Crippen molar-refractivity contribution >= 4 is 23.6 Å². The number of nitrogens with zero attached hydrogens (tertiary/aromatic N) is 1. The predicted molar refractivity (Wildman–Crippen MR) is 167 cm³/mol. The van der Waals surface area contributed by atoms with Crippen molar-refractivity contribution in [2.75, 3.05) is 25.2 Å². The van der Waals surface area contributed by atoms with Crippen molar-refractivity contribution < 1.29 is 19.4 Å². The number of thioether (sulfide) groups is 1. The minimum Gasteiger partial charge on any atom is -0.480 e. The molecule has 0 unspecified atom stereocenters. The number of aliphatic carboxylic acids is 1. The van der Waals surface area contributed by atoms with E-state index in [0.29, 0.717) is 42.9 Å². The highest BCUT2D eigenvalue weighted by molar-refractivity contribution is 7.98. The number of aryl methyl sites for hydroxylation is 1. The van der Waals surface area contributed by atoms with Gasteiger partial charge in [0.1, 0.15) is 6.04 Å². The van der Waals surface area contributed by atoms with Crippen LogP contribution in [0.1, 0.15) is 53.2 Å². The Hall–Kier alpha value is -3.13. The quantitative estimate of drug-likeness (QED) is 0.232. The smallest absolute Gasteiger partial charge is 0.326 e. The Labute approximate surface area is 248 Å². The van der Waals surface area contributed by atoms with Crippen LogP contribution in [-0.2, 0) is 22.7 Å². The molecule has 3 aromatic carbocycles. The van der Waals surface area contributed by atoms with Crippen LogP contribution in [0.4, 0.5) is 0 Å². The molecule has 0 aromatic heterocycles. The van der Waals surface area contributed by atoms with Gasteiger partial charge in [0.2, 0.25) is 0 Å². The molecule has 7 heteroatoms. The van der Waals surface area contributed by atoms with E-state index in [1.807, 2.05) is 67.8 Å². The summed E-state index contributed by atoms with van der Waals surface area (Å²) in [6.45, 7) is 7.37. The molecule has 218 valence electrons. The van der Waals surface area contributed by atoms with Gasteiger partial charge < -0.3 is 15.2 Å². The van der Waals surface area contributed by atoms with Crippen LogP contribution in [0.25, 0.3) is 11.1 Å². The zero-order valence-electron chi connectivity index (χ0n) is 24.3. The fourth-order valence-electron chi connectivity index (χ4n) is 5.59. The number of amides is 1. The Bertz CT molecular complexity index is 1300. The van der Waals surface area contributed by atoms with Crippen LogP contribution in [0.2, 0.25) is 0 Å². The van der Waals surface area contributed by atoms with Gasteiger partial charge in [0.05, 0.1) is 13.2 Å². The lowest BCUT2D eigenvalue weighted by atomic mass is 9.93. The number of benzene rings is 3. The van der Waals surface area contributed by atoms with E-state index in [1.54, 1.807) is 11.8 Å². The Kier molecular flexibility index (Phi) is 11.4. The van der Waals surface area contributed by atoms with Gasteiger partial charge in [-0.1, -0.05) is 74.0 Å². The second-order valence-electron chi connectivity index (χ2n) is 10.9. The molecule has 1 saturated heterocycles. The Morgan fingerprint density at radius 2 is 1.80 bits per heavy atom. The third-order valence-corrected chi connectivity index (χ3v) is 8.62. The molecule has 1 aliphatic heterocycles. The zero-order chi connectivity index (χ0) is 29.2. The van der Waals surface area contributed by atoms with Gasteiger partial charge in [-0.3, -0.25) is 9.69 Å². The van der Waals surface area contributed by atoms with Crippen LogP contribution < -0.4 is 5.32 Å². The van der Waals surface area contributed by atoms with E-state index in [-0.39, 0.29) is 5.91 Å². The van der Waals surface area contributed by atoms with Crippen molar-refractivity contribution in [2.45, 2.75) is 58.3 Å². The summed E-state index contributed by atoms with van der Waals surface area (Å²) in [5.74, 6) is -0.0780. The largest absolute Gasteiger partial charge is 0.480 e. The van der Waals surface area contributed by atoms with Crippen molar-refractivity contribution in [3.63, 3.8) is 0 Å². The maximum Gasteiger partial charge on any atom is 0.326 e. The highest BCUT2D eigenvalue weighted by atomic mass is 32.2. The second-order valence-corrected chi connectivity index (χ2v) is 11.9. The first-order chi connectivity index (χ1) is 19.9. The molecule has 0 bridgehead atoms. The standard InChI is InChI=1S/C34H42N2O4S/c1-4-25-18-28(23-40-22-26-11-6-5-7-12-26)36(20-25)21-27-14-15-30(31(19-27)29-13-9-8-10-24(29)2)33(37)35-32(34(38)39)16-17-41-3/h5-15,19,25,28,32H,4,16-18,20-23H2,1-3H3,(H,35,37)(H,38,39)/t25-,28+,32+/m1/s1. The lowest BCUT2D eigenvalue weighted by Gasteiger charge is -2.25. The van der Waals surface area contributed by atoms with Gasteiger partial charge in [-0.25, -0.2) is 4.79 Å². The van der Waals surface area contributed by atoms with Crippen LogP contribution in [0.3, 0.4) is 0 Å². The van der Waals surface area contributed by atoms with Gasteiger partial charge in [-0.05, 0) is 77.6 Å². The summed E-state index contributed by atoms with van der Waals surface area (Å²) in [4.78, 5) is 27.8. The molecular weight excluding hydrogens is 532 g/mol. The Morgan fingerprint density at radius 3 is 2.51 bits per heavy atom. The minimum absolute atomic E-state index is 0.335. The van der Waals surface area contributed by atoms with Crippen LogP contribution in [0.5, 0.6) is 0 Å². The van der Waals surface area contributed by atoms with E-state index in [1.165, 1.54) is 5.56 Å². The summed E-state index contributed by atoms with van der Waals surface area (Å²) in [5, 5.41) is 12.5. The van der Waals surface area contributed by atoms with E-state index in [4.69, 9.17) is 4.74 Å². The summed E-state index contributed by atoms with van der Waals surface area (Å²) < 4.78 is 6.16. The SMILES string of the molecule is CC[C@@H]1C[C@@H](COCc2ccccc2)N(Cc2ccc(C(=O)N[C@@H](CCSC)C(=O)O)c(-c3ccccc3C)c2)C1. The van der Waals surface area contributed by atoms with Crippen molar-refractivity contribution in [1.29, 1.82) is 0 Å². The normalized spacial score (nSPS) is 17.8. The third-order valence-electron chi connectivity index (χ3n) is 7.98. The van der Waals surface area contributed by atoms with Crippen LogP contribution in [0.15, 0.2) is 72.8 Å². The molecule has 0 spiro atoms. The van der Waals surface area contributed by atoms with E-state index < -0.39 is 12.0 Å². The molecule has 6 nitrogen and oxygen atoms in total. The summed E-state index contributed by atoms with van der Waals surface area (Å²) in [7, 11) is 0. The molecule has 3 atom stereocenters. The summed E-state index contributed by atoms with van der Waals surface area (Å²) in [6, 6.07) is 23.7. The number of hydrogen-bond donors (Lipinski definition) is 2. The third kappa shape index (κ3) is 8.44. The molecule has 0 radical (unpaired) electrons. The number of nitrogens with one attached hydrogen (secondary N) is 1. The molecule has 2 N–H and O–H groups in total. The minimum atomic E-state index is -1.01. The van der Waals surface area contributed by atoms with Crippen molar-refractivity contribution in [3.8, 4) is 11.1 Å². The van der Waals surface area contributed by atoms with Gasteiger partial charge in [0.15, 0.2) is 0 Å². The fourth-order valence-corrected chi connectivity index (χ4v) is 6.06. The summed E-state index contributed by atoms with van der Waals surface area (Å²) >= 11 is 1.57. The second kappa shape index (κ2) is 15.2. The van der Waals surface area contributed by atoms with Gasteiger partial charge in [0, 0.05) is 24.7 Å². The topological polar surface area (TPSA) is 78.9 Å². The van der Waals surface area contributed by atoms with E-state index in [2.05, 4.69) is 35.3 Å². The Balaban J connectivity index is 1.55. The predicted octanol–water partition coefficient (Wildman–Crippen LogP) is 6.42. The number of carbonyl (C=O) groups excluding carboxylic acids is 1. The molecule has 1 fully saturated rings. The summed E-state index contributed by atoms with van der Waals surface area (Å²) in [6.07, 6.45) is 4.56. The van der Waals surface area contributed by atoms with Crippen molar-refractivity contribution in [2.24, 2.45) is 5.92 Å². The first kappa shape index (κ1) is 30.8. The van der Waals surface area contributed by atoms with Gasteiger partial charge >= 0.3 is 5.97 Å². The molecule has 0 saturated carbocycles. The molecule has 1 aliphatic rings. The molecule has 0 aliphatic carbocycles. The van der Waals surface area contributed by atoms with Gasteiger partial charge in [-0.2, -0.15) is 11.8 Å². The van der Waals surface area contributed by atoms with Crippen LogP contribution in [-0.4, -0.2) is 59.1 Å². The number of rotatable bonds is 14. The van der Waals surface area contributed by atoms with Gasteiger partial charge in [0.25, 0.3) is 5.91 Å².